The SMILES string of the molecule is c1ccc(-c2cccc(-c3ccc(-c4cccc5c4sc4cc(-n6c7ccccc7c7cc8oc9ccccc9c8cc76)ccc45)cc3)c2)cc1. The summed E-state index contributed by atoms with van der Waals surface area (Å²) in [5.41, 5.74) is 12.8. The fourth-order valence-corrected chi connectivity index (χ4v) is 9.24. The van der Waals surface area contributed by atoms with Crippen molar-refractivity contribution in [1.82, 2.24) is 4.57 Å². The molecule has 0 fully saturated rings. The van der Waals surface area contributed by atoms with Crippen LogP contribution < -0.4 is 0 Å². The lowest BCUT2D eigenvalue weighted by atomic mass is 9.96. The molecule has 3 aromatic heterocycles. The maximum Gasteiger partial charge on any atom is 0.136 e. The van der Waals surface area contributed by atoms with Crippen molar-refractivity contribution in [3.8, 4) is 39.1 Å². The quantitative estimate of drug-likeness (QED) is 0.183. The highest BCUT2D eigenvalue weighted by molar-refractivity contribution is 7.26. The Morgan fingerprint density at radius 3 is 1.92 bits per heavy atom. The summed E-state index contributed by atoms with van der Waals surface area (Å²) in [6.07, 6.45) is 0. The standard InChI is InChI=1S/C48H29NOS/c1-2-10-30(11-3-1)33-12-8-13-34(26-33)31-20-22-32(23-21-31)36-16-9-17-40-39-25-24-35(27-47(39)51-48(36)40)49-43-18-6-4-14-37(43)41-29-46-42(28-44(41)49)38-15-5-7-19-45(38)50-46/h1-29H. The van der Waals surface area contributed by atoms with Gasteiger partial charge in [0.25, 0.3) is 0 Å². The summed E-state index contributed by atoms with van der Waals surface area (Å²) < 4.78 is 11.3. The zero-order valence-electron chi connectivity index (χ0n) is 27.5. The van der Waals surface area contributed by atoms with Crippen LogP contribution in [0.25, 0.3) is 103 Å². The van der Waals surface area contributed by atoms with Crippen LogP contribution in [0.3, 0.4) is 0 Å². The van der Waals surface area contributed by atoms with Gasteiger partial charge in [0.15, 0.2) is 0 Å². The Morgan fingerprint density at radius 2 is 1.06 bits per heavy atom. The summed E-state index contributed by atoms with van der Waals surface area (Å²) in [5, 5.41) is 7.30. The van der Waals surface area contributed by atoms with E-state index in [1.54, 1.807) is 0 Å². The van der Waals surface area contributed by atoms with Gasteiger partial charge in [-0.25, -0.2) is 0 Å². The lowest BCUT2D eigenvalue weighted by Crippen LogP contribution is -1.93. The topological polar surface area (TPSA) is 18.1 Å². The summed E-state index contributed by atoms with van der Waals surface area (Å²) >= 11 is 1.88. The zero-order chi connectivity index (χ0) is 33.5. The number of benzene rings is 8. The van der Waals surface area contributed by atoms with E-state index in [0.717, 1.165) is 27.6 Å². The van der Waals surface area contributed by atoms with Crippen molar-refractivity contribution >= 4 is 75.3 Å². The molecule has 0 bridgehead atoms. The third-order valence-electron chi connectivity index (χ3n) is 10.4. The number of nitrogens with zero attached hydrogens (tertiary/aromatic N) is 1. The molecule has 0 atom stereocenters. The van der Waals surface area contributed by atoms with Crippen LogP contribution in [0.1, 0.15) is 0 Å². The molecular weight excluding hydrogens is 639 g/mol. The molecule has 0 amide bonds. The Kier molecular flexibility index (Phi) is 6.16. The van der Waals surface area contributed by atoms with Gasteiger partial charge in [-0.3, -0.25) is 0 Å². The summed E-state index contributed by atoms with van der Waals surface area (Å²) in [5.74, 6) is 0. The van der Waals surface area contributed by atoms with Gasteiger partial charge in [-0.15, -0.1) is 11.3 Å². The van der Waals surface area contributed by atoms with E-state index in [2.05, 4.69) is 174 Å². The zero-order valence-corrected chi connectivity index (χ0v) is 28.3. The van der Waals surface area contributed by atoms with Crippen molar-refractivity contribution in [1.29, 1.82) is 0 Å². The van der Waals surface area contributed by atoms with E-state index in [1.165, 1.54) is 75.4 Å². The number of furan rings is 1. The average molecular weight is 668 g/mol. The molecule has 0 spiro atoms. The van der Waals surface area contributed by atoms with Crippen LogP contribution in [0.2, 0.25) is 0 Å². The number of aromatic nitrogens is 1. The molecule has 3 heterocycles. The first-order valence-corrected chi connectivity index (χ1v) is 18.1. The van der Waals surface area contributed by atoms with Crippen LogP contribution in [-0.4, -0.2) is 4.57 Å². The highest BCUT2D eigenvalue weighted by Crippen LogP contribution is 2.43. The molecule has 51 heavy (non-hydrogen) atoms. The average Bonchev–Trinajstić information content (AvgIpc) is 3.86. The highest BCUT2D eigenvalue weighted by Gasteiger charge is 2.18. The molecule has 0 aliphatic carbocycles. The molecule has 0 aliphatic rings. The van der Waals surface area contributed by atoms with Crippen molar-refractivity contribution in [2.24, 2.45) is 0 Å². The second kappa shape index (κ2) is 11.0. The summed E-state index contributed by atoms with van der Waals surface area (Å²) in [7, 11) is 0. The van der Waals surface area contributed by atoms with Crippen LogP contribution in [0.15, 0.2) is 180 Å². The molecule has 0 aliphatic heterocycles. The predicted octanol–water partition coefficient (Wildman–Crippen LogP) is 14.1. The lowest BCUT2D eigenvalue weighted by molar-refractivity contribution is 0.669. The molecule has 0 N–H and O–H groups in total. The molecule has 0 radical (unpaired) electrons. The third kappa shape index (κ3) is 4.42. The maximum absolute atomic E-state index is 6.31. The van der Waals surface area contributed by atoms with Gasteiger partial charge in [-0.1, -0.05) is 133 Å². The van der Waals surface area contributed by atoms with Crippen molar-refractivity contribution < 1.29 is 4.42 Å². The molecule has 11 aromatic rings. The second-order valence-corrected chi connectivity index (χ2v) is 14.4. The first-order valence-electron chi connectivity index (χ1n) is 17.3. The molecule has 2 nitrogen and oxygen atoms in total. The van der Waals surface area contributed by atoms with Crippen LogP contribution in [0.4, 0.5) is 0 Å². The first kappa shape index (κ1) is 28.4. The fourth-order valence-electron chi connectivity index (χ4n) is 7.97. The Morgan fingerprint density at radius 1 is 0.373 bits per heavy atom. The highest BCUT2D eigenvalue weighted by atomic mass is 32.1. The summed E-state index contributed by atoms with van der Waals surface area (Å²) in [6.45, 7) is 0. The van der Waals surface area contributed by atoms with E-state index < -0.39 is 0 Å². The third-order valence-corrected chi connectivity index (χ3v) is 11.6. The van der Waals surface area contributed by atoms with Gasteiger partial charge >= 0.3 is 0 Å². The van der Waals surface area contributed by atoms with Gasteiger partial charge in [-0.05, 0) is 75.8 Å². The lowest BCUT2D eigenvalue weighted by Gasteiger charge is -2.08. The number of para-hydroxylation sites is 2. The molecule has 238 valence electrons. The second-order valence-electron chi connectivity index (χ2n) is 13.3. The van der Waals surface area contributed by atoms with Crippen LogP contribution in [0.5, 0.6) is 0 Å². The van der Waals surface area contributed by atoms with Gasteiger partial charge in [0, 0.05) is 47.4 Å². The smallest absolute Gasteiger partial charge is 0.136 e. The predicted molar refractivity (Wildman–Crippen MR) is 217 cm³/mol. The summed E-state index contributed by atoms with van der Waals surface area (Å²) in [4.78, 5) is 0. The fraction of sp³-hybridized carbons (Fsp3) is 0. The minimum Gasteiger partial charge on any atom is -0.456 e. The van der Waals surface area contributed by atoms with Gasteiger partial charge in [0.05, 0.1) is 11.0 Å². The number of rotatable bonds is 4. The van der Waals surface area contributed by atoms with Gasteiger partial charge < -0.3 is 8.98 Å². The van der Waals surface area contributed by atoms with E-state index in [9.17, 15) is 0 Å². The van der Waals surface area contributed by atoms with Crippen molar-refractivity contribution in [2.45, 2.75) is 0 Å². The minimum absolute atomic E-state index is 0.922. The Bertz CT molecular complexity index is 3120. The molecule has 0 unspecified atom stereocenters. The summed E-state index contributed by atoms with van der Waals surface area (Å²) in [6, 6.07) is 63.7. The van der Waals surface area contributed by atoms with Crippen molar-refractivity contribution in [2.75, 3.05) is 0 Å². The normalized spacial score (nSPS) is 11.9. The van der Waals surface area contributed by atoms with E-state index in [1.807, 2.05) is 17.4 Å². The van der Waals surface area contributed by atoms with E-state index in [4.69, 9.17) is 4.42 Å². The van der Waals surface area contributed by atoms with E-state index in [-0.39, 0.29) is 0 Å². The molecule has 3 heteroatoms. The monoisotopic (exact) mass is 667 g/mol. The maximum atomic E-state index is 6.31. The number of thiophene rings is 1. The Hall–Kier alpha value is -6.42. The Balaban J connectivity index is 1.03. The number of fused-ring (bicyclic) bond motifs is 9. The Labute approximate surface area is 298 Å². The molecule has 0 saturated heterocycles. The van der Waals surface area contributed by atoms with Crippen molar-refractivity contribution in [3.63, 3.8) is 0 Å². The van der Waals surface area contributed by atoms with E-state index >= 15 is 0 Å². The first-order chi connectivity index (χ1) is 25.3. The van der Waals surface area contributed by atoms with Crippen LogP contribution in [-0.2, 0) is 0 Å². The molecule has 8 aromatic carbocycles. The molecule has 0 saturated carbocycles. The van der Waals surface area contributed by atoms with Crippen LogP contribution in [0, 0.1) is 0 Å². The van der Waals surface area contributed by atoms with Crippen LogP contribution >= 0.6 is 11.3 Å². The molecular formula is C48H29NOS. The van der Waals surface area contributed by atoms with E-state index in [0.29, 0.717) is 0 Å². The van der Waals surface area contributed by atoms with Crippen molar-refractivity contribution in [3.05, 3.63) is 176 Å². The number of hydrogen-bond donors (Lipinski definition) is 0. The van der Waals surface area contributed by atoms with Gasteiger partial charge in [0.1, 0.15) is 11.2 Å². The number of hydrogen-bond acceptors (Lipinski definition) is 2. The largest absolute Gasteiger partial charge is 0.456 e. The van der Waals surface area contributed by atoms with Gasteiger partial charge in [-0.2, -0.15) is 0 Å². The minimum atomic E-state index is 0.922. The van der Waals surface area contributed by atoms with Gasteiger partial charge in [0.2, 0.25) is 0 Å². The molecule has 11 rings (SSSR count).